The van der Waals surface area contributed by atoms with Crippen molar-refractivity contribution in [2.45, 2.75) is 31.7 Å². The molecule has 0 fully saturated rings. The molecule has 2 atom stereocenters. The predicted molar refractivity (Wildman–Crippen MR) is 86.9 cm³/mol. The average Bonchev–Trinajstić information content (AvgIpc) is 2.96. The Labute approximate surface area is 127 Å². The van der Waals surface area contributed by atoms with Crippen molar-refractivity contribution in [1.29, 1.82) is 0 Å². The fourth-order valence-electron chi connectivity index (χ4n) is 3.55. The molecule has 21 heavy (non-hydrogen) atoms. The van der Waals surface area contributed by atoms with Crippen molar-refractivity contribution in [2.75, 3.05) is 13.7 Å². The van der Waals surface area contributed by atoms with E-state index in [1.165, 1.54) is 29.5 Å². The first kappa shape index (κ1) is 14.2. The summed E-state index contributed by atoms with van der Waals surface area (Å²) in [5.41, 5.74) is 4.26. The van der Waals surface area contributed by atoms with E-state index >= 15 is 0 Å². The third kappa shape index (κ3) is 2.68. The van der Waals surface area contributed by atoms with Crippen LogP contribution in [-0.4, -0.2) is 13.7 Å². The van der Waals surface area contributed by atoms with Gasteiger partial charge >= 0.3 is 0 Å². The number of benzene rings is 2. The highest BCUT2D eigenvalue weighted by atomic mass is 16.5. The molecule has 2 heteroatoms. The van der Waals surface area contributed by atoms with Gasteiger partial charge in [0.25, 0.3) is 0 Å². The van der Waals surface area contributed by atoms with Gasteiger partial charge in [-0.25, -0.2) is 0 Å². The second-order valence-electron chi connectivity index (χ2n) is 5.62. The first-order valence-electron chi connectivity index (χ1n) is 7.79. The second kappa shape index (κ2) is 6.31. The Morgan fingerprint density at radius 3 is 2.71 bits per heavy atom. The highest BCUT2D eigenvalue weighted by molar-refractivity contribution is 5.42. The molecule has 2 nitrogen and oxygen atoms in total. The van der Waals surface area contributed by atoms with Gasteiger partial charge in [0.2, 0.25) is 0 Å². The van der Waals surface area contributed by atoms with E-state index in [1.807, 2.05) is 6.07 Å². The van der Waals surface area contributed by atoms with E-state index < -0.39 is 0 Å². The minimum atomic E-state index is 0.315. The number of likely N-dealkylation sites (N-methyl/N-ethyl adjacent to an activating group) is 1. The third-order valence-electron chi connectivity index (χ3n) is 4.48. The summed E-state index contributed by atoms with van der Waals surface area (Å²) in [7, 11) is 1.75. The molecule has 0 aromatic heterocycles. The van der Waals surface area contributed by atoms with Gasteiger partial charge < -0.3 is 10.1 Å². The smallest absolute Gasteiger partial charge is 0.123 e. The zero-order valence-electron chi connectivity index (χ0n) is 12.8. The zero-order chi connectivity index (χ0) is 14.7. The number of hydrogen-bond acceptors (Lipinski definition) is 2. The Hall–Kier alpha value is -1.80. The van der Waals surface area contributed by atoms with Crippen molar-refractivity contribution >= 4 is 0 Å². The van der Waals surface area contributed by atoms with E-state index in [2.05, 4.69) is 54.7 Å². The van der Waals surface area contributed by atoms with Crippen molar-refractivity contribution in [2.24, 2.45) is 0 Å². The molecule has 0 spiro atoms. The summed E-state index contributed by atoms with van der Waals surface area (Å²) in [4.78, 5) is 0. The SMILES string of the molecule is CCNC(c1ccccc1OC)C1CCc2ccccc21. The lowest BCUT2D eigenvalue weighted by Crippen LogP contribution is -2.26. The Morgan fingerprint density at radius 1 is 1.14 bits per heavy atom. The average molecular weight is 281 g/mol. The number of aryl methyl sites for hydroxylation is 1. The molecular formula is C19H23NO. The van der Waals surface area contributed by atoms with E-state index in [9.17, 15) is 0 Å². The summed E-state index contributed by atoms with van der Waals surface area (Å²) in [6.45, 7) is 3.13. The van der Waals surface area contributed by atoms with Crippen LogP contribution in [-0.2, 0) is 6.42 Å². The standard InChI is InChI=1S/C19H23NO/c1-3-20-19(17-10-6-7-11-18(17)21-2)16-13-12-14-8-4-5-9-15(14)16/h4-11,16,19-20H,3,12-13H2,1-2H3. The number of hydrogen-bond donors (Lipinski definition) is 1. The number of fused-ring (bicyclic) bond motifs is 1. The Balaban J connectivity index is 2.00. The van der Waals surface area contributed by atoms with Crippen LogP contribution in [0.4, 0.5) is 0 Å². The second-order valence-corrected chi connectivity index (χ2v) is 5.62. The van der Waals surface area contributed by atoms with Crippen LogP contribution in [0.2, 0.25) is 0 Å². The molecule has 1 aliphatic carbocycles. The minimum absolute atomic E-state index is 0.315. The van der Waals surface area contributed by atoms with Gasteiger partial charge in [-0.3, -0.25) is 0 Å². The first-order chi connectivity index (χ1) is 10.3. The lowest BCUT2D eigenvalue weighted by Gasteiger charge is -2.27. The molecule has 2 aromatic carbocycles. The molecule has 0 saturated heterocycles. The molecule has 1 N–H and O–H groups in total. The molecule has 0 heterocycles. The Morgan fingerprint density at radius 2 is 1.90 bits per heavy atom. The van der Waals surface area contributed by atoms with Gasteiger partial charge in [-0.2, -0.15) is 0 Å². The first-order valence-corrected chi connectivity index (χ1v) is 7.79. The molecule has 0 saturated carbocycles. The van der Waals surface area contributed by atoms with E-state index in [0.29, 0.717) is 12.0 Å². The fraction of sp³-hybridized carbons (Fsp3) is 0.368. The number of para-hydroxylation sites is 1. The van der Waals surface area contributed by atoms with Crippen LogP contribution in [0.3, 0.4) is 0 Å². The molecule has 2 aromatic rings. The summed E-state index contributed by atoms with van der Waals surface area (Å²) in [5, 5.41) is 3.68. The van der Waals surface area contributed by atoms with Gasteiger partial charge in [-0.05, 0) is 36.6 Å². The van der Waals surface area contributed by atoms with Gasteiger partial charge in [-0.1, -0.05) is 49.4 Å². The normalized spacial score (nSPS) is 18.3. The molecule has 0 amide bonds. The van der Waals surface area contributed by atoms with Crippen LogP contribution in [0.5, 0.6) is 5.75 Å². The van der Waals surface area contributed by atoms with Gasteiger partial charge in [0.15, 0.2) is 0 Å². The topological polar surface area (TPSA) is 21.3 Å². The molecule has 1 aliphatic rings. The van der Waals surface area contributed by atoms with Gasteiger partial charge in [0.1, 0.15) is 5.75 Å². The quantitative estimate of drug-likeness (QED) is 0.891. The summed E-state index contributed by atoms with van der Waals surface area (Å²) >= 11 is 0. The highest BCUT2D eigenvalue weighted by Gasteiger charge is 2.31. The maximum Gasteiger partial charge on any atom is 0.123 e. The van der Waals surface area contributed by atoms with Crippen molar-refractivity contribution in [3.8, 4) is 5.75 Å². The number of nitrogens with one attached hydrogen (secondary N) is 1. The Kier molecular flexibility index (Phi) is 4.26. The summed E-state index contributed by atoms with van der Waals surface area (Å²) in [5.74, 6) is 1.50. The van der Waals surface area contributed by atoms with Crippen molar-refractivity contribution in [1.82, 2.24) is 5.32 Å². The predicted octanol–water partition coefficient (Wildman–Crippen LogP) is 4.08. The van der Waals surface area contributed by atoms with Crippen LogP contribution in [0, 0.1) is 0 Å². The van der Waals surface area contributed by atoms with Crippen molar-refractivity contribution in [3.05, 3.63) is 65.2 Å². The number of methoxy groups -OCH3 is 1. The molecule has 0 bridgehead atoms. The third-order valence-corrected chi connectivity index (χ3v) is 4.48. The summed E-state index contributed by atoms with van der Waals surface area (Å²) in [6.07, 6.45) is 2.38. The van der Waals surface area contributed by atoms with E-state index in [1.54, 1.807) is 7.11 Å². The molecule has 2 unspecified atom stereocenters. The van der Waals surface area contributed by atoms with Crippen LogP contribution < -0.4 is 10.1 Å². The zero-order valence-corrected chi connectivity index (χ0v) is 12.8. The summed E-state index contributed by atoms with van der Waals surface area (Å²) in [6, 6.07) is 17.5. The van der Waals surface area contributed by atoms with E-state index in [4.69, 9.17) is 4.74 Å². The largest absolute Gasteiger partial charge is 0.496 e. The lowest BCUT2D eigenvalue weighted by atomic mass is 9.87. The Bertz CT molecular complexity index is 608. The monoisotopic (exact) mass is 281 g/mol. The maximum atomic E-state index is 5.58. The number of rotatable bonds is 5. The molecule has 0 aliphatic heterocycles. The van der Waals surface area contributed by atoms with E-state index in [0.717, 1.165) is 12.3 Å². The van der Waals surface area contributed by atoms with Crippen molar-refractivity contribution in [3.63, 3.8) is 0 Å². The maximum absolute atomic E-state index is 5.58. The summed E-state index contributed by atoms with van der Waals surface area (Å²) < 4.78 is 5.58. The van der Waals surface area contributed by atoms with Crippen LogP contribution >= 0.6 is 0 Å². The minimum Gasteiger partial charge on any atom is -0.496 e. The van der Waals surface area contributed by atoms with E-state index in [-0.39, 0.29) is 0 Å². The molecule has 0 radical (unpaired) electrons. The molecule has 110 valence electrons. The van der Waals surface area contributed by atoms with Crippen LogP contribution in [0.1, 0.15) is 42.0 Å². The van der Waals surface area contributed by atoms with Gasteiger partial charge in [0, 0.05) is 17.5 Å². The lowest BCUT2D eigenvalue weighted by molar-refractivity contribution is 0.385. The molecule has 3 rings (SSSR count). The van der Waals surface area contributed by atoms with Crippen LogP contribution in [0.25, 0.3) is 0 Å². The van der Waals surface area contributed by atoms with Gasteiger partial charge in [0.05, 0.1) is 7.11 Å². The highest BCUT2D eigenvalue weighted by Crippen LogP contribution is 2.43. The van der Waals surface area contributed by atoms with Crippen LogP contribution in [0.15, 0.2) is 48.5 Å². The van der Waals surface area contributed by atoms with Crippen molar-refractivity contribution < 1.29 is 4.74 Å². The fourth-order valence-corrected chi connectivity index (χ4v) is 3.55. The number of ether oxygens (including phenoxy) is 1. The molecular weight excluding hydrogens is 258 g/mol. The van der Waals surface area contributed by atoms with Gasteiger partial charge in [-0.15, -0.1) is 0 Å².